The molecule has 0 fully saturated rings. The van der Waals surface area contributed by atoms with E-state index in [2.05, 4.69) is 50.3 Å². The molecule has 0 heterocycles. The average molecular weight is 617 g/mol. The van der Waals surface area contributed by atoms with Crippen LogP contribution in [-0.4, -0.2) is 23.1 Å². The fourth-order valence-corrected chi connectivity index (χ4v) is 5.52. The second kappa shape index (κ2) is 35.6. The Labute approximate surface area is 273 Å². The van der Waals surface area contributed by atoms with Gasteiger partial charge in [0.25, 0.3) is 0 Å². The number of carboxylic acid groups (broad SMARTS) is 1. The Morgan fingerprint density at radius 2 is 0.955 bits per heavy atom. The summed E-state index contributed by atoms with van der Waals surface area (Å²) in [7, 11) is 0. The standard InChI is InChI=1S/C40H72O4/c1-3-5-7-9-11-13-15-17-19-21-23-26-30-34-38(35-31-27-25-28-32-36-39(41)42)44-40(43)37-33-29-24-22-20-18-16-14-12-10-8-6-4-2/h8,10,14,16,21,23,38H,3-7,9,11-13,15,17-20,22,24-37H2,1-2H3,(H,41,42)/b10-8-,16-14-,23-21-. The number of allylic oxidation sites excluding steroid dienone is 6. The summed E-state index contributed by atoms with van der Waals surface area (Å²) in [5.74, 6) is -0.733. The summed E-state index contributed by atoms with van der Waals surface area (Å²) in [6.07, 6.45) is 45.8. The SMILES string of the molecule is CCC/C=C\C/C=C\CCCCCCCC(=O)OC(CCC/C=C\CCCCCCCCCC)CCCCCCCC(=O)O. The number of esters is 1. The van der Waals surface area contributed by atoms with E-state index >= 15 is 0 Å². The smallest absolute Gasteiger partial charge is 0.306 e. The largest absolute Gasteiger partial charge is 0.481 e. The quantitative estimate of drug-likeness (QED) is 0.0444. The van der Waals surface area contributed by atoms with Crippen molar-refractivity contribution in [3.05, 3.63) is 36.5 Å². The number of carbonyl (C=O) groups is 2. The van der Waals surface area contributed by atoms with Crippen molar-refractivity contribution in [3.8, 4) is 0 Å². The molecule has 0 spiro atoms. The molecule has 0 saturated heterocycles. The van der Waals surface area contributed by atoms with E-state index in [-0.39, 0.29) is 18.5 Å². The number of aliphatic carboxylic acids is 1. The third-order valence-electron chi connectivity index (χ3n) is 8.32. The van der Waals surface area contributed by atoms with Crippen molar-refractivity contribution >= 4 is 11.9 Å². The van der Waals surface area contributed by atoms with Crippen LogP contribution in [0.1, 0.15) is 200 Å². The van der Waals surface area contributed by atoms with Gasteiger partial charge in [-0.05, 0) is 83.5 Å². The third-order valence-corrected chi connectivity index (χ3v) is 8.32. The average Bonchev–Trinajstić information content (AvgIpc) is 3.00. The fourth-order valence-electron chi connectivity index (χ4n) is 5.52. The monoisotopic (exact) mass is 617 g/mol. The van der Waals surface area contributed by atoms with Gasteiger partial charge in [-0.3, -0.25) is 9.59 Å². The van der Waals surface area contributed by atoms with Gasteiger partial charge in [-0.25, -0.2) is 0 Å². The van der Waals surface area contributed by atoms with Crippen LogP contribution in [0.15, 0.2) is 36.5 Å². The molecule has 0 rings (SSSR count). The maximum Gasteiger partial charge on any atom is 0.306 e. The lowest BCUT2D eigenvalue weighted by molar-refractivity contribution is -0.150. The van der Waals surface area contributed by atoms with E-state index in [9.17, 15) is 9.59 Å². The van der Waals surface area contributed by atoms with Gasteiger partial charge in [0.05, 0.1) is 0 Å². The Kier molecular flexibility index (Phi) is 34.1. The second-order valence-corrected chi connectivity index (χ2v) is 12.8. The van der Waals surface area contributed by atoms with E-state index < -0.39 is 5.97 Å². The van der Waals surface area contributed by atoms with Gasteiger partial charge in [0, 0.05) is 12.8 Å². The Balaban J connectivity index is 4.13. The Morgan fingerprint density at radius 1 is 0.500 bits per heavy atom. The molecule has 0 aromatic heterocycles. The van der Waals surface area contributed by atoms with E-state index in [1.54, 1.807) is 0 Å². The molecular formula is C40H72O4. The number of ether oxygens (including phenoxy) is 1. The van der Waals surface area contributed by atoms with Crippen LogP contribution >= 0.6 is 0 Å². The van der Waals surface area contributed by atoms with Gasteiger partial charge in [0.2, 0.25) is 0 Å². The van der Waals surface area contributed by atoms with E-state index in [1.165, 1.54) is 89.9 Å². The zero-order valence-corrected chi connectivity index (χ0v) is 29.2. The highest BCUT2D eigenvalue weighted by Gasteiger charge is 2.14. The first kappa shape index (κ1) is 42.2. The fraction of sp³-hybridized carbons (Fsp3) is 0.800. The molecule has 4 nitrogen and oxygen atoms in total. The van der Waals surface area contributed by atoms with Gasteiger partial charge in [0.1, 0.15) is 6.10 Å². The summed E-state index contributed by atoms with van der Waals surface area (Å²) in [6.45, 7) is 4.48. The van der Waals surface area contributed by atoms with Crippen molar-refractivity contribution < 1.29 is 19.4 Å². The zero-order valence-electron chi connectivity index (χ0n) is 29.2. The minimum Gasteiger partial charge on any atom is -0.481 e. The molecule has 0 saturated carbocycles. The Hall–Kier alpha value is -1.84. The van der Waals surface area contributed by atoms with E-state index in [1.807, 2.05) is 0 Å². The summed E-state index contributed by atoms with van der Waals surface area (Å²) in [6, 6.07) is 0. The van der Waals surface area contributed by atoms with Crippen LogP contribution in [0.3, 0.4) is 0 Å². The molecule has 0 aromatic rings. The Morgan fingerprint density at radius 3 is 1.55 bits per heavy atom. The van der Waals surface area contributed by atoms with Gasteiger partial charge in [0.15, 0.2) is 0 Å². The van der Waals surface area contributed by atoms with Gasteiger partial charge < -0.3 is 9.84 Å². The van der Waals surface area contributed by atoms with E-state index in [0.717, 1.165) is 83.5 Å². The minimum absolute atomic E-state index is 0.0197. The molecule has 1 N–H and O–H groups in total. The van der Waals surface area contributed by atoms with Crippen LogP contribution in [0.5, 0.6) is 0 Å². The van der Waals surface area contributed by atoms with Crippen molar-refractivity contribution in [1.82, 2.24) is 0 Å². The number of unbranched alkanes of at least 4 members (excludes halogenated alkanes) is 19. The normalized spacial score (nSPS) is 12.6. The maximum absolute atomic E-state index is 12.6. The summed E-state index contributed by atoms with van der Waals surface area (Å²) >= 11 is 0. The van der Waals surface area contributed by atoms with Crippen molar-refractivity contribution in [2.24, 2.45) is 0 Å². The molecule has 4 heteroatoms. The molecule has 0 aromatic carbocycles. The molecule has 0 amide bonds. The number of carbonyl (C=O) groups excluding carboxylic acids is 1. The van der Waals surface area contributed by atoms with Crippen LogP contribution in [-0.2, 0) is 14.3 Å². The van der Waals surface area contributed by atoms with Crippen molar-refractivity contribution in [2.75, 3.05) is 0 Å². The van der Waals surface area contributed by atoms with E-state index in [0.29, 0.717) is 6.42 Å². The molecule has 256 valence electrons. The van der Waals surface area contributed by atoms with Crippen molar-refractivity contribution in [3.63, 3.8) is 0 Å². The highest BCUT2D eigenvalue weighted by atomic mass is 16.5. The van der Waals surface area contributed by atoms with Crippen LogP contribution in [0.4, 0.5) is 0 Å². The van der Waals surface area contributed by atoms with Crippen LogP contribution < -0.4 is 0 Å². The number of hydrogen-bond donors (Lipinski definition) is 1. The van der Waals surface area contributed by atoms with Crippen LogP contribution in [0, 0.1) is 0 Å². The van der Waals surface area contributed by atoms with Crippen LogP contribution in [0.2, 0.25) is 0 Å². The maximum atomic E-state index is 12.6. The van der Waals surface area contributed by atoms with E-state index in [4.69, 9.17) is 9.84 Å². The van der Waals surface area contributed by atoms with Gasteiger partial charge >= 0.3 is 11.9 Å². The molecule has 1 atom stereocenters. The first-order valence-electron chi connectivity index (χ1n) is 19.0. The first-order chi connectivity index (χ1) is 21.6. The highest BCUT2D eigenvalue weighted by Crippen LogP contribution is 2.18. The zero-order chi connectivity index (χ0) is 32.2. The molecule has 0 aliphatic rings. The molecular weight excluding hydrogens is 544 g/mol. The first-order valence-corrected chi connectivity index (χ1v) is 19.0. The van der Waals surface area contributed by atoms with Crippen molar-refractivity contribution in [1.29, 1.82) is 0 Å². The predicted molar refractivity (Wildman–Crippen MR) is 190 cm³/mol. The lowest BCUT2D eigenvalue weighted by atomic mass is 10.0. The minimum atomic E-state index is -0.706. The summed E-state index contributed by atoms with van der Waals surface area (Å²) < 4.78 is 5.97. The lowest BCUT2D eigenvalue weighted by Gasteiger charge is -2.18. The van der Waals surface area contributed by atoms with Crippen molar-refractivity contribution in [2.45, 2.75) is 206 Å². The van der Waals surface area contributed by atoms with Gasteiger partial charge in [-0.1, -0.05) is 140 Å². The molecule has 0 bridgehead atoms. The number of carboxylic acids is 1. The predicted octanol–water partition coefficient (Wildman–Crippen LogP) is 13.0. The summed E-state index contributed by atoms with van der Waals surface area (Å²) in [4.78, 5) is 23.3. The number of rotatable bonds is 34. The topological polar surface area (TPSA) is 63.6 Å². The summed E-state index contributed by atoms with van der Waals surface area (Å²) in [5.41, 5.74) is 0. The molecule has 0 aliphatic carbocycles. The molecule has 0 radical (unpaired) electrons. The Bertz CT molecular complexity index is 708. The van der Waals surface area contributed by atoms with Gasteiger partial charge in [-0.2, -0.15) is 0 Å². The molecule has 1 unspecified atom stereocenters. The lowest BCUT2D eigenvalue weighted by Crippen LogP contribution is -2.18. The summed E-state index contributed by atoms with van der Waals surface area (Å²) in [5, 5.41) is 8.81. The number of hydrogen-bond acceptors (Lipinski definition) is 3. The highest BCUT2D eigenvalue weighted by molar-refractivity contribution is 5.69. The second-order valence-electron chi connectivity index (χ2n) is 12.8. The van der Waals surface area contributed by atoms with Crippen LogP contribution in [0.25, 0.3) is 0 Å². The third kappa shape index (κ3) is 34.6. The van der Waals surface area contributed by atoms with Gasteiger partial charge in [-0.15, -0.1) is 0 Å². The molecule has 0 aliphatic heterocycles. The molecule has 44 heavy (non-hydrogen) atoms.